The maximum Gasteiger partial charge on any atom is 0.243 e. The Bertz CT molecular complexity index is 832. The van der Waals surface area contributed by atoms with Gasteiger partial charge >= 0.3 is 0 Å². The molecule has 1 amide bonds. The third kappa shape index (κ3) is 3.60. The highest BCUT2D eigenvalue weighted by Gasteiger charge is 2.19. The predicted octanol–water partition coefficient (Wildman–Crippen LogP) is 3.16. The first-order valence-corrected chi connectivity index (χ1v) is 8.07. The van der Waals surface area contributed by atoms with Crippen molar-refractivity contribution in [2.75, 3.05) is 11.9 Å². The lowest BCUT2D eigenvalue weighted by Gasteiger charge is -2.21. The largest absolute Gasteiger partial charge is 0.320 e. The van der Waals surface area contributed by atoms with Crippen LogP contribution in [0, 0.1) is 0 Å². The smallest absolute Gasteiger partial charge is 0.243 e. The van der Waals surface area contributed by atoms with Crippen LogP contribution in [0.3, 0.4) is 0 Å². The Morgan fingerprint density at radius 3 is 2.62 bits per heavy atom. The van der Waals surface area contributed by atoms with Crippen molar-refractivity contribution in [3.8, 4) is 0 Å². The summed E-state index contributed by atoms with van der Waals surface area (Å²) in [6.45, 7) is 0. The van der Waals surface area contributed by atoms with Crippen molar-refractivity contribution in [1.82, 2.24) is 4.98 Å². The fraction of sp³-hybridized carbons (Fsp3) is 0.200. The zero-order valence-corrected chi connectivity index (χ0v) is 13.7. The molecule has 0 spiro atoms. The van der Waals surface area contributed by atoms with E-state index >= 15 is 0 Å². The topological polar surface area (TPSA) is 59.2 Å². The highest BCUT2D eigenvalue weighted by molar-refractivity contribution is 5.98. The van der Waals surface area contributed by atoms with E-state index < -0.39 is 6.04 Å². The molecule has 1 atom stereocenters. The molecule has 2 N–H and O–H groups in total. The van der Waals surface area contributed by atoms with Gasteiger partial charge in [0.15, 0.2) is 0 Å². The second-order valence-electron chi connectivity index (χ2n) is 5.91. The molecule has 0 aliphatic heterocycles. The minimum Gasteiger partial charge on any atom is -0.320 e. The summed E-state index contributed by atoms with van der Waals surface area (Å²) in [5.74, 6) is -0.0944. The van der Waals surface area contributed by atoms with Crippen molar-refractivity contribution in [1.29, 1.82) is 0 Å². The number of anilines is 1. The van der Waals surface area contributed by atoms with Gasteiger partial charge in [-0.1, -0.05) is 48.5 Å². The summed E-state index contributed by atoms with van der Waals surface area (Å²) in [4.78, 5) is 18.6. The number of nitrogens with zero attached hydrogens (tertiary/aromatic N) is 2. The van der Waals surface area contributed by atoms with Gasteiger partial charge in [-0.2, -0.15) is 0 Å². The van der Waals surface area contributed by atoms with Crippen molar-refractivity contribution >= 4 is 22.5 Å². The zero-order valence-electron chi connectivity index (χ0n) is 13.7. The maximum atomic E-state index is 12.6. The van der Waals surface area contributed by atoms with Crippen LogP contribution in [0.4, 0.5) is 5.69 Å². The summed E-state index contributed by atoms with van der Waals surface area (Å²) in [6.07, 6.45) is 3.12. The van der Waals surface area contributed by atoms with Crippen LogP contribution in [-0.2, 0) is 11.2 Å². The van der Waals surface area contributed by atoms with E-state index in [2.05, 4.69) is 4.98 Å². The van der Waals surface area contributed by atoms with Gasteiger partial charge in [0, 0.05) is 12.4 Å². The number of benzene rings is 2. The lowest BCUT2D eigenvalue weighted by molar-refractivity contribution is -0.119. The first-order valence-electron chi connectivity index (χ1n) is 8.07. The van der Waals surface area contributed by atoms with Crippen LogP contribution < -0.4 is 10.6 Å². The minimum absolute atomic E-state index is 0.0944. The summed E-state index contributed by atoms with van der Waals surface area (Å²) in [7, 11) is 1.75. The summed E-state index contributed by atoms with van der Waals surface area (Å²) < 4.78 is 0. The first kappa shape index (κ1) is 16.1. The standard InChI is InChI=1S/C20H21N3O/c1-23(17-13-16-9-5-6-10-19(16)22-14-17)20(24)18(21)12-11-15-7-3-2-4-8-15/h2-10,13-14,18H,11-12,21H2,1H3/t18-/m1/s1. The van der Waals surface area contributed by atoms with Crippen LogP contribution in [-0.4, -0.2) is 24.0 Å². The minimum atomic E-state index is -0.526. The number of rotatable bonds is 5. The molecule has 0 bridgehead atoms. The molecule has 122 valence electrons. The number of pyridine rings is 1. The average molecular weight is 319 g/mol. The Kier molecular flexibility index (Phi) is 4.87. The molecule has 0 aliphatic carbocycles. The van der Waals surface area contributed by atoms with E-state index in [4.69, 9.17) is 5.73 Å². The number of carbonyl (C=O) groups excluding carboxylic acids is 1. The van der Waals surface area contributed by atoms with Crippen LogP contribution >= 0.6 is 0 Å². The molecule has 4 heteroatoms. The molecule has 0 radical (unpaired) electrons. The molecule has 3 aromatic rings. The lowest BCUT2D eigenvalue weighted by atomic mass is 10.0. The SMILES string of the molecule is CN(C(=O)[C@H](N)CCc1ccccc1)c1cnc2ccccc2c1. The van der Waals surface area contributed by atoms with E-state index in [-0.39, 0.29) is 5.91 Å². The van der Waals surface area contributed by atoms with E-state index in [1.807, 2.05) is 60.7 Å². The fourth-order valence-electron chi connectivity index (χ4n) is 2.71. The van der Waals surface area contributed by atoms with E-state index in [0.29, 0.717) is 6.42 Å². The Hall–Kier alpha value is -2.72. The van der Waals surface area contributed by atoms with Gasteiger partial charge in [-0.15, -0.1) is 0 Å². The molecule has 1 aromatic heterocycles. The summed E-state index contributed by atoms with van der Waals surface area (Å²) in [5.41, 5.74) is 8.97. The maximum absolute atomic E-state index is 12.6. The molecule has 1 heterocycles. The lowest BCUT2D eigenvalue weighted by Crippen LogP contribution is -2.42. The number of carbonyl (C=O) groups is 1. The van der Waals surface area contributed by atoms with E-state index in [1.54, 1.807) is 18.1 Å². The number of aromatic nitrogens is 1. The first-order chi connectivity index (χ1) is 11.6. The van der Waals surface area contributed by atoms with Crippen molar-refractivity contribution in [2.24, 2.45) is 5.73 Å². The molecule has 0 aliphatic rings. The van der Waals surface area contributed by atoms with Gasteiger partial charge in [0.2, 0.25) is 5.91 Å². The molecule has 4 nitrogen and oxygen atoms in total. The summed E-state index contributed by atoms with van der Waals surface area (Å²) >= 11 is 0. The van der Waals surface area contributed by atoms with Gasteiger partial charge in [0.1, 0.15) is 0 Å². The Labute approximate surface area is 141 Å². The van der Waals surface area contributed by atoms with Crippen LogP contribution in [0.2, 0.25) is 0 Å². The highest BCUT2D eigenvalue weighted by atomic mass is 16.2. The highest BCUT2D eigenvalue weighted by Crippen LogP contribution is 2.19. The molecule has 0 saturated heterocycles. The second kappa shape index (κ2) is 7.23. The quantitative estimate of drug-likeness (QED) is 0.786. The molecule has 24 heavy (non-hydrogen) atoms. The van der Waals surface area contributed by atoms with Gasteiger partial charge in [0.05, 0.1) is 23.4 Å². The van der Waals surface area contributed by atoms with Crippen LogP contribution in [0.1, 0.15) is 12.0 Å². The van der Waals surface area contributed by atoms with Crippen LogP contribution in [0.15, 0.2) is 66.9 Å². The number of aryl methyl sites for hydroxylation is 1. The fourth-order valence-corrected chi connectivity index (χ4v) is 2.71. The molecular weight excluding hydrogens is 298 g/mol. The van der Waals surface area contributed by atoms with Gasteiger partial charge in [-0.3, -0.25) is 9.78 Å². The van der Waals surface area contributed by atoms with Crippen molar-refractivity contribution < 1.29 is 4.79 Å². The Morgan fingerprint density at radius 1 is 1.12 bits per heavy atom. The van der Waals surface area contributed by atoms with Gasteiger partial charge < -0.3 is 10.6 Å². The average Bonchev–Trinajstić information content (AvgIpc) is 2.65. The normalized spacial score (nSPS) is 12.1. The number of hydrogen-bond acceptors (Lipinski definition) is 3. The molecule has 3 rings (SSSR count). The third-order valence-electron chi connectivity index (χ3n) is 4.20. The number of nitrogens with two attached hydrogens (primary N) is 1. The van der Waals surface area contributed by atoms with Gasteiger partial charge in [-0.05, 0) is 30.5 Å². The number of amides is 1. The summed E-state index contributed by atoms with van der Waals surface area (Å²) in [5, 5.41) is 1.01. The Balaban J connectivity index is 1.68. The molecular formula is C20H21N3O. The van der Waals surface area contributed by atoms with Crippen molar-refractivity contribution in [3.05, 3.63) is 72.4 Å². The van der Waals surface area contributed by atoms with Crippen molar-refractivity contribution in [2.45, 2.75) is 18.9 Å². The predicted molar refractivity (Wildman–Crippen MR) is 97.9 cm³/mol. The number of likely N-dealkylation sites (N-methyl/N-ethyl adjacent to an activating group) is 1. The van der Waals surface area contributed by atoms with E-state index in [9.17, 15) is 4.79 Å². The van der Waals surface area contributed by atoms with E-state index in [0.717, 1.165) is 23.0 Å². The molecule has 0 unspecified atom stereocenters. The molecule has 2 aromatic carbocycles. The van der Waals surface area contributed by atoms with E-state index in [1.165, 1.54) is 5.56 Å². The van der Waals surface area contributed by atoms with Crippen molar-refractivity contribution in [3.63, 3.8) is 0 Å². The van der Waals surface area contributed by atoms with Gasteiger partial charge in [0.25, 0.3) is 0 Å². The molecule has 0 saturated carbocycles. The van der Waals surface area contributed by atoms with Crippen LogP contribution in [0.25, 0.3) is 10.9 Å². The molecule has 0 fully saturated rings. The Morgan fingerprint density at radius 2 is 1.83 bits per heavy atom. The monoisotopic (exact) mass is 319 g/mol. The summed E-state index contributed by atoms with van der Waals surface area (Å²) in [6, 6.07) is 19.4. The number of hydrogen-bond donors (Lipinski definition) is 1. The number of para-hydroxylation sites is 1. The van der Waals surface area contributed by atoms with Crippen LogP contribution in [0.5, 0.6) is 0 Å². The second-order valence-corrected chi connectivity index (χ2v) is 5.91. The number of fused-ring (bicyclic) bond motifs is 1. The zero-order chi connectivity index (χ0) is 16.9. The third-order valence-corrected chi connectivity index (χ3v) is 4.20. The van der Waals surface area contributed by atoms with Gasteiger partial charge in [-0.25, -0.2) is 0 Å².